The van der Waals surface area contributed by atoms with Crippen molar-refractivity contribution in [1.29, 1.82) is 0 Å². The van der Waals surface area contributed by atoms with Crippen LogP contribution in [0.15, 0.2) is 47.4 Å². The van der Waals surface area contributed by atoms with Crippen LogP contribution < -0.4 is 10.1 Å². The molecule has 0 radical (unpaired) electrons. The molecular formula is C14H13NO4. The summed E-state index contributed by atoms with van der Waals surface area (Å²) in [5.74, 6) is 0.310. The molecular weight excluding hydrogens is 246 g/mol. The highest BCUT2D eigenvalue weighted by Crippen LogP contribution is 2.43. The van der Waals surface area contributed by atoms with Gasteiger partial charge < -0.3 is 19.9 Å². The number of cyclic esters (lactones) is 1. The lowest BCUT2D eigenvalue weighted by molar-refractivity contribution is -0.138. The van der Waals surface area contributed by atoms with Gasteiger partial charge in [0, 0.05) is 6.08 Å². The highest BCUT2D eigenvalue weighted by Gasteiger charge is 2.49. The average molecular weight is 259 g/mol. The smallest absolute Gasteiger partial charge is 0.349 e. The summed E-state index contributed by atoms with van der Waals surface area (Å²) < 4.78 is 10.9. The van der Waals surface area contributed by atoms with Crippen molar-refractivity contribution in [2.75, 3.05) is 5.32 Å². The standard InChI is InChI=1S/C14H13NO4/c1-8-7-14(12(9(2)16)13(17)18-8)15-10-5-3-4-6-11(10)19-14/h3-7,15-16H,1-2H3/t14-/m1/s1. The second-order valence-electron chi connectivity index (χ2n) is 4.56. The molecule has 1 spiro atoms. The second-order valence-corrected chi connectivity index (χ2v) is 4.56. The van der Waals surface area contributed by atoms with Crippen molar-refractivity contribution in [2.45, 2.75) is 19.6 Å². The minimum atomic E-state index is -1.19. The first kappa shape index (κ1) is 11.6. The van der Waals surface area contributed by atoms with E-state index in [1.165, 1.54) is 6.92 Å². The number of fused-ring (bicyclic) bond motifs is 1. The SMILES string of the molecule is CC1=C[C@]2(Nc3ccccc3O2)C(=C(C)O)C(=O)O1. The number of carbonyl (C=O) groups excluding carboxylic acids is 1. The highest BCUT2D eigenvalue weighted by atomic mass is 16.6. The number of benzene rings is 1. The number of hydrogen-bond donors (Lipinski definition) is 2. The summed E-state index contributed by atoms with van der Waals surface area (Å²) in [7, 11) is 0. The third kappa shape index (κ3) is 1.66. The quantitative estimate of drug-likeness (QED) is 0.425. The molecule has 1 atom stereocenters. The van der Waals surface area contributed by atoms with Crippen LogP contribution in [0.2, 0.25) is 0 Å². The number of esters is 1. The van der Waals surface area contributed by atoms with E-state index in [2.05, 4.69) is 5.32 Å². The van der Waals surface area contributed by atoms with Gasteiger partial charge in [0.1, 0.15) is 22.8 Å². The molecule has 5 heteroatoms. The first-order valence-electron chi connectivity index (χ1n) is 5.90. The molecule has 3 rings (SSSR count). The van der Waals surface area contributed by atoms with Crippen molar-refractivity contribution >= 4 is 11.7 Å². The van der Waals surface area contributed by atoms with Crippen LogP contribution in [0.25, 0.3) is 0 Å². The molecule has 19 heavy (non-hydrogen) atoms. The van der Waals surface area contributed by atoms with Crippen LogP contribution in [0.5, 0.6) is 5.75 Å². The molecule has 2 aliphatic rings. The normalized spacial score (nSPS) is 27.1. The van der Waals surface area contributed by atoms with Gasteiger partial charge in [-0.15, -0.1) is 0 Å². The summed E-state index contributed by atoms with van der Waals surface area (Å²) in [6.45, 7) is 3.10. The molecule has 0 fully saturated rings. The Morgan fingerprint density at radius 1 is 1.37 bits per heavy atom. The zero-order valence-electron chi connectivity index (χ0n) is 10.6. The number of aliphatic hydroxyl groups is 1. The fourth-order valence-corrected chi connectivity index (χ4v) is 2.39. The fraction of sp³-hybridized carbons (Fsp3) is 0.214. The van der Waals surface area contributed by atoms with E-state index in [0.717, 1.165) is 5.69 Å². The minimum absolute atomic E-state index is 0.0642. The number of allylic oxidation sites excluding steroid dienone is 2. The van der Waals surface area contributed by atoms with Gasteiger partial charge in [-0.3, -0.25) is 0 Å². The topological polar surface area (TPSA) is 67.8 Å². The zero-order chi connectivity index (χ0) is 13.6. The third-order valence-electron chi connectivity index (χ3n) is 3.08. The van der Waals surface area contributed by atoms with Crippen molar-refractivity contribution in [3.8, 4) is 5.75 Å². The predicted octanol–water partition coefficient (Wildman–Crippen LogP) is 2.48. The second kappa shape index (κ2) is 3.78. The maximum Gasteiger partial charge on any atom is 0.349 e. The summed E-state index contributed by atoms with van der Waals surface area (Å²) in [5, 5.41) is 12.9. The van der Waals surface area contributed by atoms with E-state index in [0.29, 0.717) is 11.5 Å². The lowest BCUT2D eigenvalue weighted by atomic mass is 9.98. The number of anilines is 1. The molecule has 2 aliphatic heterocycles. The molecule has 98 valence electrons. The molecule has 0 amide bonds. The summed E-state index contributed by atoms with van der Waals surface area (Å²) in [6.07, 6.45) is 1.64. The molecule has 5 nitrogen and oxygen atoms in total. The molecule has 0 aliphatic carbocycles. The first-order valence-corrected chi connectivity index (χ1v) is 5.90. The molecule has 0 bridgehead atoms. The van der Waals surface area contributed by atoms with Gasteiger partial charge in [0.2, 0.25) is 5.72 Å². The number of rotatable bonds is 0. The maximum absolute atomic E-state index is 12.0. The van der Waals surface area contributed by atoms with E-state index in [-0.39, 0.29) is 11.3 Å². The fourth-order valence-electron chi connectivity index (χ4n) is 2.39. The van der Waals surface area contributed by atoms with E-state index in [1.54, 1.807) is 19.1 Å². The van der Waals surface area contributed by atoms with Gasteiger partial charge in [-0.05, 0) is 26.0 Å². The van der Waals surface area contributed by atoms with Crippen LogP contribution in [0, 0.1) is 0 Å². The summed E-state index contributed by atoms with van der Waals surface area (Å²) >= 11 is 0. The number of nitrogens with one attached hydrogen (secondary N) is 1. The summed E-state index contributed by atoms with van der Waals surface area (Å²) in [5.41, 5.74) is -0.364. The van der Waals surface area contributed by atoms with E-state index in [1.807, 2.05) is 18.2 Å². The van der Waals surface area contributed by atoms with Gasteiger partial charge in [0.15, 0.2) is 0 Å². The maximum atomic E-state index is 12.0. The van der Waals surface area contributed by atoms with Crippen LogP contribution in [-0.2, 0) is 9.53 Å². The van der Waals surface area contributed by atoms with Crippen molar-refractivity contribution in [3.05, 3.63) is 47.4 Å². The zero-order valence-corrected chi connectivity index (χ0v) is 10.6. The largest absolute Gasteiger partial charge is 0.512 e. The van der Waals surface area contributed by atoms with Crippen LogP contribution in [0.4, 0.5) is 5.69 Å². The van der Waals surface area contributed by atoms with Crippen LogP contribution in [-0.4, -0.2) is 16.8 Å². The first-order chi connectivity index (χ1) is 9.02. The van der Waals surface area contributed by atoms with Crippen molar-refractivity contribution < 1.29 is 19.4 Å². The number of para-hydroxylation sites is 2. The van der Waals surface area contributed by atoms with E-state index in [4.69, 9.17) is 9.47 Å². The van der Waals surface area contributed by atoms with Gasteiger partial charge >= 0.3 is 5.97 Å². The van der Waals surface area contributed by atoms with Gasteiger partial charge in [-0.25, -0.2) is 4.79 Å². The van der Waals surface area contributed by atoms with Crippen LogP contribution in [0.3, 0.4) is 0 Å². The summed E-state index contributed by atoms with van der Waals surface area (Å²) in [6, 6.07) is 7.34. The van der Waals surface area contributed by atoms with Crippen molar-refractivity contribution in [1.82, 2.24) is 0 Å². The van der Waals surface area contributed by atoms with E-state index in [9.17, 15) is 9.90 Å². The Hall–Kier alpha value is -2.43. The van der Waals surface area contributed by atoms with Gasteiger partial charge in [0.25, 0.3) is 0 Å². The molecule has 2 heterocycles. The summed E-state index contributed by atoms with van der Waals surface area (Å²) in [4.78, 5) is 12.0. The molecule has 0 aromatic heterocycles. The Morgan fingerprint density at radius 2 is 2.11 bits per heavy atom. The molecule has 2 N–H and O–H groups in total. The Morgan fingerprint density at radius 3 is 2.79 bits per heavy atom. The van der Waals surface area contributed by atoms with Gasteiger partial charge in [-0.1, -0.05) is 12.1 Å². The Labute approximate surface area is 110 Å². The van der Waals surface area contributed by atoms with E-state index < -0.39 is 11.7 Å². The van der Waals surface area contributed by atoms with Gasteiger partial charge in [0.05, 0.1) is 5.69 Å². The highest BCUT2D eigenvalue weighted by molar-refractivity contribution is 5.95. The molecule has 1 aromatic rings. The Bertz CT molecular complexity index is 601. The monoisotopic (exact) mass is 259 g/mol. The number of aliphatic hydroxyl groups excluding tert-OH is 1. The molecule has 1 aromatic carbocycles. The third-order valence-corrected chi connectivity index (χ3v) is 3.08. The molecule has 0 unspecified atom stereocenters. The number of hydrogen-bond acceptors (Lipinski definition) is 5. The lowest BCUT2D eigenvalue weighted by Crippen LogP contribution is -2.47. The number of ether oxygens (including phenoxy) is 2. The minimum Gasteiger partial charge on any atom is -0.512 e. The van der Waals surface area contributed by atoms with Gasteiger partial charge in [-0.2, -0.15) is 0 Å². The van der Waals surface area contributed by atoms with Crippen LogP contribution in [0.1, 0.15) is 13.8 Å². The molecule has 0 saturated heterocycles. The predicted molar refractivity (Wildman–Crippen MR) is 68.6 cm³/mol. The molecule has 0 saturated carbocycles. The van der Waals surface area contributed by atoms with Crippen molar-refractivity contribution in [3.63, 3.8) is 0 Å². The lowest BCUT2D eigenvalue weighted by Gasteiger charge is -2.31. The van der Waals surface area contributed by atoms with E-state index >= 15 is 0 Å². The van der Waals surface area contributed by atoms with Crippen molar-refractivity contribution in [2.24, 2.45) is 0 Å². The average Bonchev–Trinajstić information content (AvgIpc) is 2.64. The Balaban J connectivity index is 2.16. The van der Waals surface area contributed by atoms with Crippen LogP contribution >= 0.6 is 0 Å². The number of carbonyl (C=O) groups is 1. The Kier molecular flexibility index (Phi) is 2.32.